The summed E-state index contributed by atoms with van der Waals surface area (Å²) in [5.74, 6) is 2.52. The second-order valence-electron chi connectivity index (χ2n) is 6.37. The van der Waals surface area contributed by atoms with Crippen LogP contribution in [0.5, 0.6) is 5.75 Å². The lowest BCUT2D eigenvalue weighted by Crippen LogP contribution is -2.29. The summed E-state index contributed by atoms with van der Waals surface area (Å²) in [5, 5.41) is 8.63. The number of nitrogens with zero attached hydrogens (tertiary/aromatic N) is 3. The molecular weight excluding hydrogens is 274 g/mol. The Morgan fingerprint density at radius 1 is 1.14 bits per heavy atom. The second-order valence-corrected chi connectivity index (χ2v) is 6.37. The predicted octanol–water partition coefficient (Wildman–Crippen LogP) is 2.76. The van der Waals surface area contributed by atoms with Crippen molar-refractivity contribution in [1.29, 1.82) is 5.26 Å². The van der Waals surface area contributed by atoms with Gasteiger partial charge in [-0.25, -0.2) is 0 Å². The number of nitriles is 1. The predicted molar refractivity (Wildman–Crippen MR) is 88.1 cm³/mol. The van der Waals surface area contributed by atoms with Crippen molar-refractivity contribution in [2.75, 3.05) is 44.2 Å². The number of rotatable bonds is 6. The fourth-order valence-corrected chi connectivity index (χ4v) is 3.79. The number of ether oxygens (including phenoxy) is 1. The molecule has 0 aromatic heterocycles. The topological polar surface area (TPSA) is 39.5 Å². The van der Waals surface area contributed by atoms with Crippen molar-refractivity contribution in [2.24, 2.45) is 11.8 Å². The summed E-state index contributed by atoms with van der Waals surface area (Å²) < 4.78 is 5.51. The number of hydrogen-bond acceptors (Lipinski definition) is 4. The molecule has 4 heteroatoms. The van der Waals surface area contributed by atoms with E-state index in [9.17, 15) is 0 Å². The number of anilines is 1. The zero-order chi connectivity index (χ0) is 15.4. The maximum Gasteiger partial charge on any atom is 0.119 e. The molecule has 0 radical (unpaired) electrons. The van der Waals surface area contributed by atoms with Crippen LogP contribution in [0.1, 0.15) is 19.8 Å². The molecule has 0 saturated carbocycles. The van der Waals surface area contributed by atoms with Gasteiger partial charge in [0.25, 0.3) is 0 Å². The summed E-state index contributed by atoms with van der Waals surface area (Å²) in [7, 11) is 0. The van der Waals surface area contributed by atoms with Crippen LogP contribution in [-0.4, -0.2) is 44.2 Å². The third-order valence-corrected chi connectivity index (χ3v) is 4.84. The van der Waals surface area contributed by atoms with E-state index in [1.807, 2.05) is 6.92 Å². The summed E-state index contributed by atoms with van der Waals surface area (Å²) in [4.78, 5) is 5.06. The normalized spacial score (nSPS) is 24.3. The Morgan fingerprint density at radius 2 is 1.82 bits per heavy atom. The zero-order valence-electron chi connectivity index (χ0n) is 13.4. The first kappa shape index (κ1) is 15.2. The third kappa shape index (κ3) is 3.36. The van der Waals surface area contributed by atoms with Crippen LogP contribution >= 0.6 is 0 Å². The van der Waals surface area contributed by atoms with Crippen molar-refractivity contribution in [3.8, 4) is 11.8 Å². The van der Waals surface area contributed by atoms with E-state index in [4.69, 9.17) is 10.00 Å². The van der Waals surface area contributed by atoms with Crippen LogP contribution in [0.4, 0.5) is 5.69 Å². The third-order valence-electron chi connectivity index (χ3n) is 4.84. The van der Waals surface area contributed by atoms with E-state index in [-0.39, 0.29) is 0 Å². The number of hydrogen-bond donors (Lipinski definition) is 0. The molecule has 2 aliphatic rings. The first-order chi connectivity index (χ1) is 10.8. The standard InChI is InChI=1S/C18H25N3O/c1-2-22-18-7-5-17(6-8-18)21-13-15-11-20(10-4-3-9-19)12-16(15)14-21/h5-8,15-16H,2-4,10-14H2,1H3. The number of unbranched alkanes of at least 4 members (excludes halogenated alkanes) is 1. The smallest absolute Gasteiger partial charge is 0.119 e. The highest BCUT2D eigenvalue weighted by Crippen LogP contribution is 2.34. The lowest BCUT2D eigenvalue weighted by Gasteiger charge is -2.23. The largest absolute Gasteiger partial charge is 0.494 e. The highest BCUT2D eigenvalue weighted by molar-refractivity contribution is 5.50. The van der Waals surface area contributed by atoms with Crippen LogP contribution < -0.4 is 9.64 Å². The molecule has 3 rings (SSSR count). The molecule has 1 aromatic rings. The zero-order valence-corrected chi connectivity index (χ0v) is 13.4. The van der Waals surface area contributed by atoms with Crippen molar-refractivity contribution < 1.29 is 4.74 Å². The minimum atomic E-state index is 0.685. The van der Waals surface area contributed by atoms with Crippen LogP contribution in [0, 0.1) is 23.2 Å². The molecule has 0 aliphatic carbocycles. The van der Waals surface area contributed by atoms with Gasteiger partial charge in [-0.05, 0) is 56.0 Å². The molecule has 2 aliphatic heterocycles. The molecule has 22 heavy (non-hydrogen) atoms. The van der Waals surface area contributed by atoms with Crippen LogP contribution in [-0.2, 0) is 0 Å². The van der Waals surface area contributed by atoms with E-state index >= 15 is 0 Å². The summed E-state index contributed by atoms with van der Waals surface area (Å²) in [6.45, 7) is 8.53. The molecule has 2 atom stereocenters. The number of likely N-dealkylation sites (tertiary alicyclic amines) is 1. The molecule has 2 saturated heterocycles. The molecule has 4 nitrogen and oxygen atoms in total. The van der Waals surface area contributed by atoms with Gasteiger partial charge in [0, 0.05) is 38.3 Å². The molecule has 2 unspecified atom stereocenters. The van der Waals surface area contributed by atoms with Gasteiger partial charge in [-0.1, -0.05) is 0 Å². The highest BCUT2D eigenvalue weighted by atomic mass is 16.5. The van der Waals surface area contributed by atoms with Crippen molar-refractivity contribution in [3.05, 3.63) is 24.3 Å². The SMILES string of the molecule is CCOc1ccc(N2CC3CN(CCCC#N)CC3C2)cc1. The van der Waals surface area contributed by atoms with E-state index in [0.29, 0.717) is 6.42 Å². The first-order valence-electron chi connectivity index (χ1n) is 8.37. The van der Waals surface area contributed by atoms with Gasteiger partial charge in [0.1, 0.15) is 5.75 Å². The monoisotopic (exact) mass is 299 g/mol. The number of fused-ring (bicyclic) bond motifs is 1. The van der Waals surface area contributed by atoms with Gasteiger partial charge >= 0.3 is 0 Å². The van der Waals surface area contributed by atoms with E-state index in [2.05, 4.69) is 40.1 Å². The number of benzene rings is 1. The maximum atomic E-state index is 8.63. The fraction of sp³-hybridized carbons (Fsp3) is 0.611. The Bertz CT molecular complexity index is 508. The van der Waals surface area contributed by atoms with Gasteiger partial charge in [-0.3, -0.25) is 0 Å². The van der Waals surface area contributed by atoms with Gasteiger partial charge in [-0.2, -0.15) is 5.26 Å². The molecule has 0 bridgehead atoms. The van der Waals surface area contributed by atoms with E-state index < -0.39 is 0 Å². The molecule has 1 aromatic carbocycles. The van der Waals surface area contributed by atoms with Gasteiger partial charge < -0.3 is 14.5 Å². The van der Waals surface area contributed by atoms with Crippen LogP contribution in [0.2, 0.25) is 0 Å². The minimum absolute atomic E-state index is 0.685. The molecule has 2 fully saturated rings. The molecular formula is C18H25N3O. The van der Waals surface area contributed by atoms with E-state index in [0.717, 1.165) is 50.2 Å². The van der Waals surface area contributed by atoms with Crippen molar-refractivity contribution >= 4 is 5.69 Å². The van der Waals surface area contributed by atoms with Crippen molar-refractivity contribution in [2.45, 2.75) is 19.8 Å². The highest BCUT2D eigenvalue weighted by Gasteiger charge is 2.39. The average molecular weight is 299 g/mol. The van der Waals surface area contributed by atoms with Crippen LogP contribution in [0.25, 0.3) is 0 Å². The Morgan fingerprint density at radius 3 is 2.41 bits per heavy atom. The van der Waals surface area contributed by atoms with E-state index in [1.54, 1.807) is 0 Å². The second kappa shape index (κ2) is 7.02. The van der Waals surface area contributed by atoms with Gasteiger partial charge in [-0.15, -0.1) is 0 Å². The Balaban J connectivity index is 1.51. The summed E-state index contributed by atoms with van der Waals surface area (Å²) in [5.41, 5.74) is 1.31. The van der Waals surface area contributed by atoms with Crippen LogP contribution in [0.3, 0.4) is 0 Å². The minimum Gasteiger partial charge on any atom is -0.494 e. The van der Waals surface area contributed by atoms with Crippen molar-refractivity contribution in [3.63, 3.8) is 0 Å². The first-order valence-corrected chi connectivity index (χ1v) is 8.37. The average Bonchev–Trinajstić information content (AvgIpc) is 3.07. The van der Waals surface area contributed by atoms with E-state index in [1.165, 1.54) is 18.8 Å². The van der Waals surface area contributed by atoms with Gasteiger partial charge in [0.05, 0.1) is 12.7 Å². The summed E-state index contributed by atoms with van der Waals surface area (Å²) >= 11 is 0. The molecule has 2 heterocycles. The maximum absolute atomic E-state index is 8.63. The molecule has 118 valence electrons. The lowest BCUT2D eigenvalue weighted by molar-refractivity contribution is 0.313. The van der Waals surface area contributed by atoms with Gasteiger partial charge in [0.2, 0.25) is 0 Å². The Kier molecular flexibility index (Phi) is 4.84. The Labute approximate surface area is 133 Å². The fourth-order valence-electron chi connectivity index (χ4n) is 3.79. The van der Waals surface area contributed by atoms with Gasteiger partial charge in [0.15, 0.2) is 0 Å². The molecule has 0 spiro atoms. The quantitative estimate of drug-likeness (QED) is 0.757. The lowest BCUT2D eigenvalue weighted by atomic mass is 10.0. The summed E-state index contributed by atoms with van der Waals surface area (Å²) in [6, 6.07) is 10.7. The summed E-state index contributed by atoms with van der Waals surface area (Å²) in [6.07, 6.45) is 1.70. The molecule has 0 N–H and O–H groups in total. The van der Waals surface area contributed by atoms with Crippen molar-refractivity contribution in [1.82, 2.24) is 4.90 Å². The van der Waals surface area contributed by atoms with Crippen LogP contribution in [0.15, 0.2) is 24.3 Å². The molecule has 0 amide bonds. The Hall–Kier alpha value is -1.73.